The van der Waals surface area contributed by atoms with Crippen LogP contribution in [0.4, 0.5) is 0 Å². The number of methoxy groups -OCH3 is 1. The molecule has 0 radical (unpaired) electrons. The Hall–Kier alpha value is -1.46. The van der Waals surface area contributed by atoms with Crippen LogP contribution in [0.1, 0.15) is 29.8 Å². The lowest BCUT2D eigenvalue weighted by atomic mass is 10.1. The van der Waals surface area contributed by atoms with Crippen molar-refractivity contribution in [2.75, 3.05) is 19.4 Å². The zero-order valence-electron chi connectivity index (χ0n) is 13.6. The van der Waals surface area contributed by atoms with E-state index in [-0.39, 0.29) is 6.04 Å². The monoisotopic (exact) mass is 346 g/mol. The molecular formula is C18H22N2OS2. The number of hydrogen-bond acceptors (Lipinski definition) is 5. The van der Waals surface area contributed by atoms with E-state index >= 15 is 0 Å². The number of nitrogens with zero attached hydrogens (tertiary/aromatic N) is 2. The number of hydrogen-bond donors (Lipinski definition) is 0. The van der Waals surface area contributed by atoms with Crippen molar-refractivity contribution in [2.45, 2.75) is 25.9 Å². The molecule has 1 aliphatic heterocycles. The van der Waals surface area contributed by atoms with Gasteiger partial charge in [0.1, 0.15) is 5.75 Å². The van der Waals surface area contributed by atoms with E-state index in [2.05, 4.69) is 41.5 Å². The average Bonchev–Trinajstić information content (AvgIpc) is 3.13. The molecule has 0 spiro atoms. The van der Waals surface area contributed by atoms with Crippen molar-refractivity contribution < 1.29 is 4.74 Å². The minimum atomic E-state index is 0.285. The molecular weight excluding hydrogens is 324 g/mol. The fourth-order valence-electron chi connectivity index (χ4n) is 2.63. The van der Waals surface area contributed by atoms with Gasteiger partial charge in [-0.1, -0.05) is 30.0 Å². The molecule has 2 heterocycles. The van der Waals surface area contributed by atoms with Gasteiger partial charge in [-0.05, 0) is 42.5 Å². The Labute approximate surface area is 146 Å². The Bertz CT molecular complexity index is 638. The van der Waals surface area contributed by atoms with E-state index < -0.39 is 0 Å². The highest BCUT2D eigenvalue weighted by atomic mass is 32.2. The van der Waals surface area contributed by atoms with Crippen molar-refractivity contribution >= 4 is 28.3 Å². The molecule has 1 atom stereocenters. The molecule has 1 aromatic heterocycles. The van der Waals surface area contributed by atoms with Crippen LogP contribution >= 0.6 is 23.1 Å². The Morgan fingerprint density at radius 1 is 1.26 bits per heavy atom. The minimum Gasteiger partial charge on any atom is -0.497 e. The van der Waals surface area contributed by atoms with Crippen molar-refractivity contribution in [3.63, 3.8) is 0 Å². The standard InChI is InChI=1S/C18H22N2OS2/c1-14(15-6-8-16(21-2)9-7-15)20(13-17-5-3-11-22-17)18-19-10-4-12-23-18/h3,5-9,11,14H,4,10,12-13H2,1-2H3. The molecule has 5 heteroatoms. The van der Waals surface area contributed by atoms with Crippen LogP contribution in [-0.4, -0.2) is 29.5 Å². The molecule has 0 amide bonds. The van der Waals surface area contributed by atoms with Gasteiger partial charge < -0.3 is 9.64 Å². The number of aliphatic imine (C=N–C) groups is 1. The number of amidine groups is 1. The summed E-state index contributed by atoms with van der Waals surface area (Å²) in [5.41, 5.74) is 1.29. The Kier molecular flexibility index (Phi) is 5.62. The smallest absolute Gasteiger partial charge is 0.160 e. The van der Waals surface area contributed by atoms with Gasteiger partial charge in [0.05, 0.1) is 19.7 Å². The summed E-state index contributed by atoms with van der Waals surface area (Å²) >= 11 is 3.69. The summed E-state index contributed by atoms with van der Waals surface area (Å²) in [7, 11) is 1.70. The molecule has 23 heavy (non-hydrogen) atoms. The zero-order valence-corrected chi connectivity index (χ0v) is 15.2. The van der Waals surface area contributed by atoms with Gasteiger partial charge in [-0.2, -0.15) is 0 Å². The number of thioether (sulfide) groups is 1. The first-order valence-corrected chi connectivity index (χ1v) is 9.74. The van der Waals surface area contributed by atoms with E-state index in [1.54, 1.807) is 7.11 Å². The largest absolute Gasteiger partial charge is 0.497 e. The molecule has 0 fully saturated rings. The van der Waals surface area contributed by atoms with Crippen LogP contribution < -0.4 is 4.74 Å². The maximum absolute atomic E-state index is 5.27. The number of ether oxygens (including phenoxy) is 1. The summed E-state index contributed by atoms with van der Waals surface area (Å²) < 4.78 is 5.27. The summed E-state index contributed by atoms with van der Waals surface area (Å²) in [6, 6.07) is 13.0. The Balaban J connectivity index is 1.84. The first-order chi connectivity index (χ1) is 11.3. The molecule has 2 aromatic rings. The van der Waals surface area contributed by atoms with Gasteiger partial charge in [0, 0.05) is 17.2 Å². The van der Waals surface area contributed by atoms with Crippen molar-refractivity contribution in [3.05, 3.63) is 52.2 Å². The van der Waals surface area contributed by atoms with Crippen LogP contribution in [0.15, 0.2) is 46.8 Å². The SMILES string of the molecule is COc1ccc(C(C)N(Cc2cccs2)C2=NCCCS2)cc1. The molecule has 1 aliphatic rings. The second kappa shape index (κ2) is 7.88. The average molecular weight is 347 g/mol. The third-order valence-electron chi connectivity index (χ3n) is 4.00. The molecule has 0 bridgehead atoms. The fraction of sp³-hybridized carbons (Fsp3) is 0.389. The van der Waals surface area contributed by atoms with Gasteiger partial charge in [0.25, 0.3) is 0 Å². The third kappa shape index (κ3) is 4.09. The topological polar surface area (TPSA) is 24.8 Å². The van der Waals surface area contributed by atoms with Crippen LogP contribution in [-0.2, 0) is 6.54 Å². The quantitative estimate of drug-likeness (QED) is 0.776. The van der Waals surface area contributed by atoms with Crippen LogP contribution in [0.25, 0.3) is 0 Å². The second-order valence-corrected chi connectivity index (χ2v) is 7.62. The van der Waals surface area contributed by atoms with Crippen LogP contribution in [0.3, 0.4) is 0 Å². The summed E-state index contributed by atoms with van der Waals surface area (Å²) in [5, 5.41) is 3.31. The van der Waals surface area contributed by atoms with Crippen LogP contribution in [0.2, 0.25) is 0 Å². The molecule has 122 valence electrons. The highest BCUT2D eigenvalue weighted by Crippen LogP contribution is 2.30. The fourth-order valence-corrected chi connectivity index (χ4v) is 4.35. The lowest BCUT2D eigenvalue weighted by Crippen LogP contribution is -2.32. The molecule has 1 unspecified atom stereocenters. The summed E-state index contributed by atoms with van der Waals surface area (Å²) in [6.45, 7) is 4.11. The van der Waals surface area contributed by atoms with Crippen molar-refractivity contribution in [2.24, 2.45) is 4.99 Å². The normalized spacial score (nSPS) is 15.8. The zero-order chi connectivity index (χ0) is 16.1. The first-order valence-electron chi connectivity index (χ1n) is 7.88. The lowest BCUT2D eigenvalue weighted by Gasteiger charge is -2.33. The third-order valence-corrected chi connectivity index (χ3v) is 5.97. The van der Waals surface area contributed by atoms with Crippen LogP contribution in [0.5, 0.6) is 5.75 Å². The highest BCUT2D eigenvalue weighted by molar-refractivity contribution is 8.13. The van der Waals surface area contributed by atoms with E-state index in [0.717, 1.165) is 24.6 Å². The molecule has 0 aliphatic carbocycles. The summed E-state index contributed by atoms with van der Waals surface area (Å²) in [5.74, 6) is 2.06. The molecule has 0 N–H and O–H groups in total. The Morgan fingerprint density at radius 3 is 2.70 bits per heavy atom. The summed E-state index contributed by atoms with van der Waals surface area (Å²) in [4.78, 5) is 8.58. The van der Waals surface area contributed by atoms with Gasteiger partial charge in [-0.3, -0.25) is 4.99 Å². The predicted octanol–water partition coefficient (Wildman–Crippen LogP) is 4.81. The van der Waals surface area contributed by atoms with Gasteiger partial charge in [-0.25, -0.2) is 0 Å². The van der Waals surface area contributed by atoms with Crippen molar-refractivity contribution in [1.82, 2.24) is 4.90 Å². The van der Waals surface area contributed by atoms with Gasteiger partial charge in [-0.15, -0.1) is 11.3 Å². The Morgan fingerprint density at radius 2 is 2.09 bits per heavy atom. The highest BCUT2D eigenvalue weighted by Gasteiger charge is 2.22. The van der Waals surface area contributed by atoms with Crippen LogP contribution in [0, 0.1) is 0 Å². The van der Waals surface area contributed by atoms with Crippen molar-refractivity contribution in [1.29, 1.82) is 0 Å². The first kappa shape index (κ1) is 16.4. The van der Waals surface area contributed by atoms with E-state index in [4.69, 9.17) is 9.73 Å². The lowest BCUT2D eigenvalue weighted by molar-refractivity contribution is 0.336. The van der Waals surface area contributed by atoms with E-state index in [9.17, 15) is 0 Å². The maximum atomic E-state index is 5.27. The molecule has 3 nitrogen and oxygen atoms in total. The number of thiophene rings is 1. The molecule has 0 saturated heterocycles. The number of rotatable bonds is 5. The van der Waals surface area contributed by atoms with Crippen molar-refractivity contribution in [3.8, 4) is 5.75 Å². The van der Waals surface area contributed by atoms with E-state index in [0.29, 0.717) is 0 Å². The second-order valence-electron chi connectivity index (χ2n) is 5.52. The number of benzene rings is 1. The molecule has 0 saturated carbocycles. The maximum Gasteiger partial charge on any atom is 0.160 e. The summed E-state index contributed by atoms with van der Waals surface area (Å²) in [6.07, 6.45) is 1.18. The minimum absolute atomic E-state index is 0.285. The van der Waals surface area contributed by atoms with Gasteiger partial charge >= 0.3 is 0 Å². The molecule has 3 rings (SSSR count). The van der Waals surface area contributed by atoms with E-state index in [1.807, 2.05) is 35.2 Å². The van der Waals surface area contributed by atoms with Gasteiger partial charge in [0.2, 0.25) is 0 Å². The van der Waals surface area contributed by atoms with E-state index in [1.165, 1.54) is 22.0 Å². The molecule has 1 aromatic carbocycles. The van der Waals surface area contributed by atoms with Gasteiger partial charge in [0.15, 0.2) is 5.17 Å². The predicted molar refractivity (Wildman–Crippen MR) is 101 cm³/mol.